The average Bonchev–Trinajstić information content (AvgIpc) is 2.96. The van der Waals surface area contributed by atoms with Crippen molar-refractivity contribution in [1.82, 2.24) is 0 Å². The van der Waals surface area contributed by atoms with Gasteiger partial charge in [0.1, 0.15) is 5.78 Å². The van der Waals surface area contributed by atoms with Crippen molar-refractivity contribution in [3.05, 3.63) is 0 Å². The molecule has 0 bridgehead atoms. The summed E-state index contributed by atoms with van der Waals surface area (Å²) >= 11 is 0. The Labute approximate surface area is 179 Å². The number of aliphatic hydroxyl groups is 1. The van der Waals surface area contributed by atoms with E-state index in [1.54, 1.807) is 0 Å². The van der Waals surface area contributed by atoms with Crippen LogP contribution in [0.2, 0.25) is 0 Å². The minimum Gasteiger partial charge on any atom is -0.393 e. The summed E-state index contributed by atoms with van der Waals surface area (Å²) < 4.78 is 0. The first-order valence-electron chi connectivity index (χ1n) is 12.7. The second-order valence-electron chi connectivity index (χ2n) is 13.3. The van der Waals surface area contributed by atoms with E-state index in [4.69, 9.17) is 0 Å². The maximum atomic E-state index is 13.2. The first-order valence-corrected chi connectivity index (χ1v) is 12.7. The second-order valence-corrected chi connectivity index (χ2v) is 13.3. The molecule has 2 nitrogen and oxygen atoms in total. The van der Waals surface area contributed by atoms with Crippen molar-refractivity contribution in [1.29, 1.82) is 0 Å². The largest absolute Gasteiger partial charge is 0.393 e. The number of carbonyl (C=O) groups is 1. The molecular weight excluding hydrogens is 356 g/mol. The quantitative estimate of drug-likeness (QED) is 0.574. The molecule has 1 unspecified atom stereocenters. The van der Waals surface area contributed by atoms with Gasteiger partial charge in [0.15, 0.2) is 0 Å². The highest BCUT2D eigenvalue weighted by Gasteiger charge is 2.62. The van der Waals surface area contributed by atoms with E-state index in [0.717, 1.165) is 43.4 Å². The van der Waals surface area contributed by atoms with Gasteiger partial charge >= 0.3 is 0 Å². The lowest BCUT2D eigenvalue weighted by Crippen LogP contribution is -2.57. The SMILES string of the molecule is CC(CCC(C)(C)C)[C@H]1CC[C@H]2[C@@H]3CC(=O)[C@H]4CC[C@H](O)C[C@]4(C)[C@H]3CC[C@]12C. The molecule has 0 aliphatic heterocycles. The third-order valence-corrected chi connectivity index (χ3v) is 10.5. The molecule has 166 valence electrons. The Hall–Kier alpha value is -0.370. The summed E-state index contributed by atoms with van der Waals surface area (Å²) in [6, 6.07) is 0. The first-order chi connectivity index (χ1) is 13.5. The molecule has 0 aromatic heterocycles. The molecular formula is C27H46O2. The Balaban J connectivity index is 1.54. The van der Waals surface area contributed by atoms with Crippen molar-refractivity contribution in [3.63, 3.8) is 0 Å². The van der Waals surface area contributed by atoms with Gasteiger partial charge in [-0.15, -0.1) is 0 Å². The highest BCUT2D eigenvalue weighted by atomic mass is 16.3. The van der Waals surface area contributed by atoms with Crippen LogP contribution in [0.25, 0.3) is 0 Å². The maximum absolute atomic E-state index is 13.2. The molecule has 0 aromatic rings. The van der Waals surface area contributed by atoms with Crippen LogP contribution in [0.5, 0.6) is 0 Å². The number of aliphatic hydroxyl groups excluding tert-OH is 1. The smallest absolute Gasteiger partial charge is 0.136 e. The summed E-state index contributed by atoms with van der Waals surface area (Å²) in [5.41, 5.74) is 0.899. The Morgan fingerprint density at radius 1 is 1.03 bits per heavy atom. The Morgan fingerprint density at radius 2 is 1.72 bits per heavy atom. The topological polar surface area (TPSA) is 37.3 Å². The van der Waals surface area contributed by atoms with Crippen molar-refractivity contribution < 1.29 is 9.90 Å². The summed E-state index contributed by atoms with van der Waals surface area (Å²) in [6.07, 6.45) is 11.2. The monoisotopic (exact) mass is 402 g/mol. The van der Waals surface area contributed by atoms with Crippen LogP contribution < -0.4 is 0 Å². The van der Waals surface area contributed by atoms with E-state index in [2.05, 4.69) is 41.5 Å². The van der Waals surface area contributed by atoms with Crippen molar-refractivity contribution in [2.75, 3.05) is 0 Å². The van der Waals surface area contributed by atoms with Crippen molar-refractivity contribution in [2.24, 2.45) is 51.8 Å². The van der Waals surface area contributed by atoms with E-state index in [0.29, 0.717) is 28.4 Å². The van der Waals surface area contributed by atoms with Gasteiger partial charge in [0.2, 0.25) is 0 Å². The Kier molecular flexibility index (Phi) is 5.54. The van der Waals surface area contributed by atoms with Crippen LogP contribution >= 0.6 is 0 Å². The molecule has 4 saturated carbocycles. The summed E-state index contributed by atoms with van der Waals surface area (Å²) in [7, 11) is 0. The molecule has 2 heteroatoms. The third kappa shape index (κ3) is 3.64. The molecule has 9 atom stereocenters. The van der Waals surface area contributed by atoms with Gasteiger partial charge in [-0.05, 0) is 104 Å². The van der Waals surface area contributed by atoms with Crippen LogP contribution in [0, 0.1) is 51.8 Å². The molecule has 0 amide bonds. The highest BCUT2D eigenvalue weighted by molar-refractivity contribution is 5.83. The minimum absolute atomic E-state index is 0.0505. The zero-order valence-electron chi connectivity index (χ0n) is 20.0. The van der Waals surface area contributed by atoms with E-state index < -0.39 is 0 Å². The minimum atomic E-state index is -0.190. The molecule has 0 saturated heterocycles. The summed E-state index contributed by atoms with van der Waals surface area (Å²) in [5, 5.41) is 10.5. The zero-order valence-corrected chi connectivity index (χ0v) is 20.0. The van der Waals surface area contributed by atoms with Crippen LogP contribution in [0.4, 0.5) is 0 Å². The normalized spacial score (nSPS) is 48.6. The van der Waals surface area contributed by atoms with Crippen LogP contribution in [-0.2, 0) is 4.79 Å². The maximum Gasteiger partial charge on any atom is 0.136 e. The molecule has 0 aromatic carbocycles. The van der Waals surface area contributed by atoms with Gasteiger partial charge in [-0.25, -0.2) is 0 Å². The van der Waals surface area contributed by atoms with E-state index in [1.807, 2.05) is 0 Å². The van der Waals surface area contributed by atoms with Gasteiger partial charge in [-0.3, -0.25) is 4.79 Å². The number of hydrogen-bond donors (Lipinski definition) is 1. The van der Waals surface area contributed by atoms with Gasteiger partial charge in [0.05, 0.1) is 6.10 Å². The van der Waals surface area contributed by atoms with Crippen molar-refractivity contribution in [2.45, 2.75) is 112 Å². The number of ketones is 1. The summed E-state index contributed by atoms with van der Waals surface area (Å²) in [6.45, 7) is 14.6. The highest BCUT2D eigenvalue weighted by Crippen LogP contribution is 2.67. The molecule has 0 radical (unpaired) electrons. The number of Topliss-reactive ketones (excluding diaryl/α,β-unsaturated/α-hetero) is 1. The lowest BCUT2D eigenvalue weighted by Gasteiger charge is -2.60. The summed E-state index contributed by atoms with van der Waals surface area (Å²) in [5.74, 6) is 4.33. The number of hydrogen-bond acceptors (Lipinski definition) is 2. The fourth-order valence-corrected chi connectivity index (χ4v) is 8.98. The standard InChI is InChI=1S/C27H46O2/c1-17(11-13-25(2,3)4)20-9-10-21-19-15-24(29)23-8-7-18(28)16-27(23,6)22(19)12-14-26(20,21)5/h17-23,28H,7-16H2,1-6H3/t17?,18-,19-,20+,21-,22-,23+,26+,27+/m0/s1. The van der Waals surface area contributed by atoms with Crippen molar-refractivity contribution >= 4 is 5.78 Å². The molecule has 4 rings (SSSR count). The van der Waals surface area contributed by atoms with E-state index in [-0.39, 0.29) is 17.4 Å². The van der Waals surface area contributed by atoms with Crippen LogP contribution in [-0.4, -0.2) is 17.0 Å². The van der Waals surface area contributed by atoms with Gasteiger partial charge in [-0.1, -0.05) is 41.5 Å². The molecule has 0 spiro atoms. The Bertz CT molecular complexity index is 633. The van der Waals surface area contributed by atoms with Gasteiger partial charge in [0, 0.05) is 12.3 Å². The molecule has 4 fully saturated rings. The molecule has 1 N–H and O–H groups in total. The fraction of sp³-hybridized carbons (Fsp3) is 0.963. The van der Waals surface area contributed by atoms with Gasteiger partial charge in [0.25, 0.3) is 0 Å². The first kappa shape index (κ1) is 21.8. The third-order valence-electron chi connectivity index (χ3n) is 10.5. The van der Waals surface area contributed by atoms with Gasteiger partial charge in [-0.2, -0.15) is 0 Å². The van der Waals surface area contributed by atoms with E-state index >= 15 is 0 Å². The fourth-order valence-electron chi connectivity index (χ4n) is 8.98. The van der Waals surface area contributed by atoms with Gasteiger partial charge < -0.3 is 5.11 Å². The lowest BCUT2D eigenvalue weighted by molar-refractivity contribution is -0.160. The predicted molar refractivity (Wildman–Crippen MR) is 119 cm³/mol. The lowest BCUT2D eigenvalue weighted by atomic mass is 9.44. The molecule has 0 heterocycles. The van der Waals surface area contributed by atoms with Crippen molar-refractivity contribution in [3.8, 4) is 0 Å². The predicted octanol–water partition coefficient (Wildman–Crippen LogP) is 6.65. The Morgan fingerprint density at radius 3 is 2.41 bits per heavy atom. The summed E-state index contributed by atoms with van der Waals surface area (Å²) in [4.78, 5) is 13.2. The van der Waals surface area contributed by atoms with Crippen LogP contribution in [0.15, 0.2) is 0 Å². The zero-order chi connectivity index (χ0) is 21.2. The number of carbonyl (C=O) groups excluding carboxylic acids is 1. The van der Waals surface area contributed by atoms with Crippen LogP contribution in [0.3, 0.4) is 0 Å². The average molecular weight is 403 g/mol. The molecule has 4 aliphatic rings. The molecule has 29 heavy (non-hydrogen) atoms. The van der Waals surface area contributed by atoms with Crippen LogP contribution in [0.1, 0.15) is 106 Å². The van der Waals surface area contributed by atoms with E-state index in [9.17, 15) is 9.90 Å². The second kappa shape index (κ2) is 7.35. The van der Waals surface area contributed by atoms with E-state index in [1.165, 1.54) is 38.5 Å². The number of rotatable bonds is 3. The number of fused-ring (bicyclic) bond motifs is 5. The molecule has 4 aliphatic carbocycles.